The van der Waals surface area contributed by atoms with Crippen LogP contribution in [0.3, 0.4) is 0 Å². The van der Waals surface area contributed by atoms with E-state index in [9.17, 15) is 5.11 Å². The van der Waals surface area contributed by atoms with Gasteiger partial charge in [-0.2, -0.15) is 0 Å². The molecule has 2 rings (SSSR count). The highest BCUT2D eigenvalue weighted by atomic mass is 16.3. The molecule has 0 aromatic heterocycles. The van der Waals surface area contributed by atoms with Crippen molar-refractivity contribution in [3.05, 3.63) is 0 Å². The lowest BCUT2D eigenvalue weighted by Crippen LogP contribution is -2.54. The van der Waals surface area contributed by atoms with Gasteiger partial charge in [-0.15, -0.1) is 0 Å². The Kier molecular flexibility index (Phi) is 2.86. The average Bonchev–Trinajstić information content (AvgIpc) is 2.51. The molecule has 3 heteroatoms. The minimum Gasteiger partial charge on any atom is -0.391 e. The van der Waals surface area contributed by atoms with E-state index < -0.39 is 0 Å². The first kappa shape index (κ1) is 9.44. The summed E-state index contributed by atoms with van der Waals surface area (Å²) in [5, 5.41) is 13.2. The topological polar surface area (TPSA) is 35.5 Å². The fraction of sp³-hybridized carbons (Fsp3) is 1.00. The second-order valence-electron chi connectivity index (χ2n) is 4.42. The number of piperazine rings is 1. The van der Waals surface area contributed by atoms with Crippen LogP contribution >= 0.6 is 0 Å². The number of aliphatic hydroxyl groups is 1. The Hall–Kier alpha value is -0.120. The molecule has 0 spiro atoms. The van der Waals surface area contributed by atoms with Crippen LogP contribution in [0.2, 0.25) is 0 Å². The van der Waals surface area contributed by atoms with Gasteiger partial charge in [-0.3, -0.25) is 4.90 Å². The van der Waals surface area contributed by atoms with Gasteiger partial charge in [-0.1, -0.05) is 0 Å². The van der Waals surface area contributed by atoms with Gasteiger partial charge in [0.25, 0.3) is 0 Å². The summed E-state index contributed by atoms with van der Waals surface area (Å²) in [6.45, 7) is 5.49. The second kappa shape index (κ2) is 3.95. The second-order valence-corrected chi connectivity index (χ2v) is 4.42. The average molecular weight is 184 g/mol. The Labute approximate surface area is 80.1 Å². The van der Waals surface area contributed by atoms with Crippen molar-refractivity contribution in [3.8, 4) is 0 Å². The molecule has 76 valence electrons. The van der Waals surface area contributed by atoms with E-state index in [4.69, 9.17) is 0 Å². The van der Waals surface area contributed by atoms with E-state index in [1.807, 2.05) is 0 Å². The Morgan fingerprint density at radius 2 is 2.23 bits per heavy atom. The Morgan fingerprint density at radius 1 is 1.38 bits per heavy atom. The number of hydrogen-bond donors (Lipinski definition) is 2. The monoisotopic (exact) mass is 184 g/mol. The zero-order chi connectivity index (χ0) is 9.26. The Bertz CT molecular complexity index is 174. The van der Waals surface area contributed by atoms with Crippen molar-refractivity contribution in [2.75, 3.05) is 19.6 Å². The van der Waals surface area contributed by atoms with Gasteiger partial charge in [-0.25, -0.2) is 0 Å². The quantitative estimate of drug-likeness (QED) is 0.611. The molecule has 3 nitrogen and oxygen atoms in total. The highest BCUT2D eigenvalue weighted by Gasteiger charge is 2.32. The van der Waals surface area contributed by atoms with Crippen molar-refractivity contribution >= 4 is 0 Å². The molecule has 0 aromatic carbocycles. The minimum atomic E-state index is -0.0645. The predicted octanol–water partition coefficient (Wildman–Crippen LogP) is 0.194. The van der Waals surface area contributed by atoms with Crippen molar-refractivity contribution in [3.63, 3.8) is 0 Å². The lowest BCUT2D eigenvalue weighted by Gasteiger charge is -2.37. The number of hydrogen-bond acceptors (Lipinski definition) is 3. The zero-order valence-corrected chi connectivity index (χ0v) is 8.37. The van der Waals surface area contributed by atoms with Crippen LogP contribution in [-0.2, 0) is 0 Å². The van der Waals surface area contributed by atoms with Gasteiger partial charge in [0.05, 0.1) is 6.10 Å². The van der Waals surface area contributed by atoms with Crippen molar-refractivity contribution in [1.29, 1.82) is 0 Å². The minimum absolute atomic E-state index is 0.0645. The van der Waals surface area contributed by atoms with Gasteiger partial charge in [0.1, 0.15) is 0 Å². The maximum Gasteiger partial charge on any atom is 0.0695 e. The molecular weight excluding hydrogens is 164 g/mol. The summed E-state index contributed by atoms with van der Waals surface area (Å²) in [6, 6.07) is 1.03. The smallest absolute Gasteiger partial charge is 0.0695 e. The van der Waals surface area contributed by atoms with Gasteiger partial charge >= 0.3 is 0 Å². The number of rotatable bonds is 1. The van der Waals surface area contributed by atoms with E-state index in [1.165, 1.54) is 12.8 Å². The summed E-state index contributed by atoms with van der Waals surface area (Å²) in [4.78, 5) is 2.46. The first-order valence-corrected chi connectivity index (χ1v) is 5.43. The molecule has 0 amide bonds. The van der Waals surface area contributed by atoms with E-state index in [0.29, 0.717) is 12.1 Å². The van der Waals surface area contributed by atoms with Crippen molar-refractivity contribution in [1.82, 2.24) is 10.2 Å². The molecular formula is C10H20N2O. The first-order valence-electron chi connectivity index (χ1n) is 5.43. The summed E-state index contributed by atoms with van der Waals surface area (Å²) in [5.74, 6) is 0. The van der Waals surface area contributed by atoms with Gasteiger partial charge in [0.15, 0.2) is 0 Å². The number of aliphatic hydroxyl groups excluding tert-OH is 1. The van der Waals surface area contributed by atoms with E-state index in [0.717, 1.165) is 26.1 Å². The zero-order valence-electron chi connectivity index (χ0n) is 8.37. The number of nitrogens with one attached hydrogen (secondary N) is 1. The highest BCUT2D eigenvalue weighted by molar-refractivity contribution is 4.88. The molecule has 2 unspecified atom stereocenters. The lowest BCUT2D eigenvalue weighted by molar-refractivity contribution is 0.0544. The van der Waals surface area contributed by atoms with Gasteiger partial charge < -0.3 is 10.4 Å². The molecule has 1 aliphatic heterocycles. The van der Waals surface area contributed by atoms with Crippen LogP contribution in [0.15, 0.2) is 0 Å². The van der Waals surface area contributed by atoms with E-state index in [-0.39, 0.29) is 6.10 Å². The van der Waals surface area contributed by atoms with Crippen LogP contribution in [0, 0.1) is 0 Å². The summed E-state index contributed by atoms with van der Waals surface area (Å²) in [5.41, 5.74) is 0. The Balaban J connectivity index is 1.91. The summed E-state index contributed by atoms with van der Waals surface area (Å²) < 4.78 is 0. The summed E-state index contributed by atoms with van der Waals surface area (Å²) in [6.07, 6.45) is 3.33. The normalized spacial score (nSPS) is 42.5. The molecule has 2 N–H and O–H groups in total. The maximum atomic E-state index is 9.77. The van der Waals surface area contributed by atoms with Crippen LogP contribution in [-0.4, -0.2) is 47.8 Å². The largest absolute Gasteiger partial charge is 0.391 e. The third-order valence-corrected chi connectivity index (χ3v) is 3.31. The van der Waals surface area contributed by atoms with Crippen molar-refractivity contribution in [2.45, 2.75) is 44.4 Å². The molecule has 1 aliphatic carbocycles. The molecule has 13 heavy (non-hydrogen) atoms. The molecule has 2 fully saturated rings. The van der Waals surface area contributed by atoms with Crippen LogP contribution < -0.4 is 5.32 Å². The van der Waals surface area contributed by atoms with E-state index >= 15 is 0 Å². The first-order chi connectivity index (χ1) is 6.27. The van der Waals surface area contributed by atoms with Crippen LogP contribution in [0.1, 0.15) is 26.2 Å². The predicted molar refractivity (Wildman–Crippen MR) is 52.7 cm³/mol. The molecule has 1 saturated carbocycles. The summed E-state index contributed by atoms with van der Waals surface area (Å²) >= 11 is 0. The lowest BCUT2D eigenvalue weighted by atomic mass is 10.1. The molecule has 1 saturated heterocycles. The van der Waals surface area contributed by atoms with Crippen LogP contribution in [0.4, 0.5) is 0 Å². The molecule has 3 atom stereocenters. The van der Waals surface area contributed by atoms with E-state index in [1.54, 1.807) is 0 Å². The summed E-state index contributed by atoms with van der Waals surface area (Å²) in [7, 11) is 0. The fourth-order valence-corrected chi connectivity index (χ4v) is 2.61. The van der Waals surface area contributed by atoms with Crippen molar-refractivity contribution < 1.29 is 5.11 Å². The third-order valence-electron chi connectivity index (χ3n) is 3.31. The third kappa shape index (κ3) is 2.03. The maximum absolute atomic E-state index is 9.77. The molecule has 0 bridgehead atoms. The Morgan fingerprint density at radius 3 is 2.85 bits per heavy atom. The molecule has 0 radical (unpaired) electrons. The van der Waals surface area contributed by atoms with Gasteiger partial charge in [0, 0.05) is 31.7 Å². The highest BCUT2D eigenvalue weighted by Crippen LogP contribution is 2.24. The van der Waals surface area contributed by atoms with Gasteiger partial charge in [0.2, 0.25) is 0 Å². The molecule has 0 aromatic rings. The molecule has 1 heterocycles. The van der Waals surface area contributed by atoms with Crippen LogP contribution in [0.5, 0.6) is 0 Å². The standard InChI is InChI=1S/C10H20N2O/c1-8-7-12(6-5-11-8)9-3-2-4-10(9)13/h8-11,13H,2-7H2,1H3/t8-,9?,10?/m0/s1. The van der Waals surface area contributed by atoms with Gasteiger partial charge in [-0.05, 0) is 26.2 Å². The molecule has 2 aliphatic rings. The SMILES string of the molecule is C[C@H]1CN(C2CCCC2O)CCN1. The van der Waals surface area contributed by atoms with Crippen LogP contribution in [0.25, 0.3) is 0 Å². The van der Waals surface area contributed by atoms with Crippen molar-refractivity contribution in [2.24, 2.45) is 0 Å². The number of nitrogens with zero attached hydrogens (tertiary/aromatic N) is 1. The fourth-order valence-electron chi connectivity index (χ4n) is 2.61. The van der Waals surface area contributed by atoms with E-state index in [2.05, 4.69) is 17.1 Å².